The molecule has 0 saturated heterocycles. The van der Waals surface area contributed by atoms with Crippen LogP contribution >= 0.6 is 11.6 Å². The molecule has 0 N–H and O–H groups in total. The summed E-state index contributed by atoms with van der Waals surface area (Å²) < 4.78 is 0. The summed E-state index contributed by atoms with van der Waals surface area (Å²) in [4.78, 5) is 0. The molecule has 0 saturated carbocycles. The number of halogens is 1. The molecule has 0 radical (unpaired) electrons. The van der Waals surface area contributed by atoms with Gasteiger partial charge in [-0.25, -0.2) is 0 Å². The van der Waals surface area contributed by atoms with E-state index in [9.17, 15) is 0 Å². The van der Waals surface area contributed by atoms with Crippen LogP contribution in [0, 0.1) is 11.8 Å². The van der Waals surface area contributed by atoms with Crippen molar-refractivity contribution < 1.29 is 0 Å². The van der Waals surface area contributed by atoms with Crippen molar-refractivity contribution >= 4 is 17.7 Å². The minimum Gasteiger partial charge on any atom is -0.113 e. The zero-order chi connectivity index (χ0) is 8.81. The minimum atomic E-state index is 0.378. The maximum atomic E-state index is 5.42. The van der Waals surface area contributed by atoms with Gasteiger partial charge in [-0.2, -0.15) is 0 Å². The van der Waals surface area contributed by atoms with E-state index in [0.717, 1.165) is 11.1 Å². The van der Waals surface area contributed by atoms with Crippen LogP contribution < -0.4 is 0 Å². The highest BCUT2D eigenvalue weighted by molar-refractivity contribution is 6.19. The van der Waals surface area contributed by atoms with Crippen LogP contribution in [0.2, 0.25) is 0 Å². The number of rotatable bonds is 1. The zero-order valence-corrected chi connectivity index (χ0v) is 7.43. The van der Waals surface area contributed by atoms with Crippen molar-refractivity contribution in [3.8, 4) is 11.8 Å². The van der Waals surface area contributed by atoms with Gasteiger partial charge in [0.2, 0.25) is 0 Å². The molecule has 1 aromatic carbocycles. The standard InChI is InChI=1S/C11H9Cl/c1-2-10-5-7-11(8-6-10)4-3-9-12/h2,5-8H,1,9H2. The quantitative estimate of drug-likeness (QED) is 0.456. The van der Waals surface area contributed by atoms with E-state index in [1.165, 1.54) is 0 Å². The summed E-state index contributed by atoms with van der Waals surface area (Å²) in [6.07, 6.45) is 1.80. The molecule has 12 heavy (non-hydrogen) atoms. The van der Waals surface area contributed by atoms with Crippen LogP contribution in [-0.2, 0) is 0 Å². The molecule has 0 aliphatic heterocycles. The largest absolute Gasteiger partial charge is 0.113 e. The Morgan fingerprint density at radius 3 is 2.50 bits per heavy atom. The highest BCUT2D eigenvalue weighted by Gasteiger charge is 1.85. The zero-order valence-electron chi connectivity index (χ0n) is 6.68. The van der Waals surface area contributed by atoms with Crippen molar-refractivity contribution in [2.24, 2.45) is 0 Å². The molecule has 0 aliphatic carbocycles. The van der Waals surface area contributed by atoms with E-state index in [2.05, 4.69) is 18.4 Å². The molecule has 0 nitrogen and oxygen atoms in total. The van der Waals surface area contributed by atoms with Crippen molar-refractivity contribution in [3.05, 3.63) is 42.0 Å². The molecule has 1 rings (SSSR count). The van der Waals surface area contributed by atoms with Gasteiger partial charge in [0.1, 0.15) is 0 Å². The van der Waals surface area contributed by atoms with Gasteiger partial charge in [0, 0.05) is 5.56 Å². The number of hydrogen-bond acceptors (Lipinski definition) is 0. The fourth-order valence-corrected chi connectivity index (χ4v) is 0.905. The van der Waals surface area contributed by atoms with E-state index in [0.29, 0.717) is 5.88 Å². The summed E-state index contributed by atoms with van der Waals surface area (Å²) in [5.41, 5.74) is 2.09. The molecule has 60 valence electrons. The molecule has 0 unspecified atom stereocenters. The third kappa shape index (κ3) is 2.45. The van der Waals surface area contributed by atoms with E-state index in [1.807, 2.05) is 24.3 Å². The lowest BCUT2D eigenvalue weighted by Gasteiger charge is -1.91. The van der Waals surface area contributed by atoms with Crippen molar-refractivity contribution in [1.82, 2.24) is 0 Å². The monoisotopic (exact) mass is 176 g/mol. The first-order chi connectivity index (χ1) is 5.86. The van der Waals surface area contributed by atoms with Gasteiger partial charge in [-0.1, -0.05) is 36.6 Å². The van der Waals surface area contributed by atoms with E-state index < -0.39 is 0 Å². The maximum absolute atomic E-state index is 5.42. The lowest BCUT2D eigenvalue weighted by atomic mass is 10.1. The molecular formula is C11H9Cl. The molecule has 0 amide bonds. The average molecular weight is 177 g/mol. The Hall–Kier alpha value is -1.19. The van der Waals surface area contributed by atoms with Crippen LogP contribution in [0.25, 0.3) is 6.08 Å². The molecule has 0 bridgehead atoms. The van der Waals surface area contributed by atoms with E-state index >= 15 is 0 Å². The molecule has 1 heteroatoms. The van der Waals surface area contributed by atoms with Crippen LogP contribution in [-0.4, -0.2) is 5.88 Å². The predicted molar refractivity (Wildman–Crippen MR) is 54.1 cm³/mol. The Bertz CT molecular complexity index is 311. The van der Waals surface area contributed by atoms with E-state index in [1.54, 1.807) is 6.08 Å². The molecule has 1 aromatic rings. The second-order valence-electron chi connectivity index (χ2n) is 2.26. The molecule has 0 atom stereocenters. The van der Waals surface area contributed by atoms with Gasteiger partial charge in [-0.15, -0.1) is 11.6 Å². The Balaban J connectivity index is 2.84. The molecule has 0 fully saturated rings. The summed E-state index contributed by atoms with van der Waals surface area (Å²) in [5, 5.41) is 0. The van der Waals surface area contributed by atoms with Gasteiger partial charge in [0.25, 0.3) is 0 Å². The lowest BCUT2D eigenvalue weighted by molar-refractivity contribution is 1.61. The fraction of sp³-hybridized carbons (Fsp3) is 0.0909. The first kappa shape index (κ1) is 8.90. The predicted octanol–water partition coefficient (Wildman–Crippen LogP) is 2.92. The van der Waals surface area contributed by atoms with Crippen molar-refractivity contribution in [2.45, 2.75) is 0 Å². The highest BCUT2D eigenvalue weighted by atomic mass is 35.5. The van der Waals surface area contributed by atoms with E-state index in [-0.39, 0.29) is 0 Å². The molecule has 0 aromatic heterocycles. The molecule has 0 spiro atoms. The third-order valence-electron chi connectivity index (χ3n) is 1.45. The Morgan fingerprint density at radius 1 is 1.33 bits per heavy atom. The van der Waals surface area contributed by atoms with Crippen LogP contribution in [0.4, 0.5) is 0 Å². The second kappa shape index (κ2) is 4.64. The summed E-state index contributed by atoms with van der Waals surface area (Å²) in [5.74, 6) is 6.10. The van der Waals surface area contributed by atoms with Gasteiger partial charge < -0.3 is 0 Å². The number of alkyl halides is 1. The summed E-state index contributed by atoms with van der Waals surface area (Å²) in [7, 11) is 0. The molecular weight excluding hydrogens is 168 g/mol. The number of hydrogen-bond donors (Lipinski definition) is 0. The van der Waals surface area contributed by atoms with E-state index in [4.69, 9.17) is 11.6 Å². The van der Waals surface area contributed by atoms with Crippen LogP contribution in [0.15, 0.2) is 30.8 Å². The number of benzene rings is 1. The van der Waals surface area contributed by atoms with Crippen molar-refractivity contribution in [3.63, 3.8) is 0 Å². The Kier molecular flexibility index (Phi) is 3.44. The smallest absolute Gasteiger partial charge is 0.0839 e. The highest BCUT2D eigenvalue weighted by Crippen LogP contribution is 2.03. The first-order valence-electron chi connectivity index (χ1n) is 3.64. The van der Waals surface area contributed by atoms with Gasteiger partial charge >= 0.3 is 0 Å². The van der Waals surface area contributed by atoms with Crippen LogP contribution in [0.3, 0.4) is 0 Å². The third-order valence-corrected chi connectivity index (χ3v) is 1.58. The summed E-state index contributed by atoms with van der Waals surface area (Å²) in [6.45, 7) is 3.67. The Morgan fingerprint density at radius 2 is 2.00 bits per heavy atom. The van der Waals surface area contributed by atoms with Crippen molar-refractivity contribution in [2.75, 3.05) is 5.88 Å². The lowest BCUT2D eigenvalue weighted by Crippen LogP contribution is -1.75. The normalized spacial score (nSPS) is 8.42. The minimum absolute atomic E-state index is 0.378. The first-order valence-corrected chi connectivity index (χ1v) is 4.17. The molecule has 0 heterocycles. The van der Waals surface area contributed by atoms with Crippen LogP contribution in [0.1, 0.15) is 11.1 Å². The van der Waals surface area contributed by atoms with Crippen LogP contribution in [0.5, 0.6) is 0 Å². The average Bonchev–Trinajstić information content (AvgIpc) is 2.15. The SMILES string of the molecule is C=Cc1ccc(C#CCCl)cc1. The summed E-state index contributed by atoms with van der Waals surface area (Å²) >= 11 is 5.42. The fourth-order valence-electron chi connectivity index (χ4n) is 0.838. The second-order valence-corrected chi connectivity index (χ2v) is 2.53. The maximum Gasteiger partial charge on any atom is 0.0839 e. The van der Waals surface area contributed by atoms with Gasteiger partial charge in [0.05, 0.1) is 5.88 Å². The van der Waals surface area contributed by atoms with Gasteiger partial charge in [0.15, 0.2) is 0 Å². The Labute approximate surface area is 77.9 Å². The molecule has 0 aliphatic rings. The van der Waals surface area contributed by atoms with Crippen molar-refractivity contribution in [1.29, 1.82) is 0 Å². The summed E-state index contributed by atoms with van der Waals surface area (Å²) in [6, 6.07) is 7.86. The topological polar surface area (TPSA) is 0 Å². The van der Waals surface area contributed by atoms with Gasteiger partial charge in [-0.3, -0.25) is 0 Å². The van der Waals surface area contributed by atoms with Gasteiger partial charge in [-0.05, 0) is 17.7 Å².